The standard InChI is InChI=1S/C15H23N3O2S/c1-10-11(2)17-18-13(12(10)14(19)20)16-9-15(21-3)7-5-4-6-8-15/h4-9H2,1-3H3,(H,16,18)(H,19,20). The normalized spacial score (nSPS) is 17.5. The zero-order valence-corrected chi connectivity index (χ0v) is 13.7. The lowest BCUT2D eigenvalue weighted by Crippen LogP contribution is -2.36. The van der Waals surface area contributed by atoms with Crippen LogP contribution in [0, 0.1) is 13.8 Å². The van der Waals surface area contributed by atoms with Crippen molar-refractivity contribution in [2.24, 2.45) is 0 Å². The van der Waals surface area contributed by atoms with E-state index in [1.807, 2.05) is 11.8 Å². The van der Waals surface area contributed by atoms with Crippen molar-refractivity contribution < 1.29 is 9.90 Å². The van der Waals surface area contributed by atoms with Crippen molar-refractivity contribution in [3.8, 4) is 0 Å². The first-order valence-electron chi connectivity index (χ1n) is 7.35. The van der Waals surface area contributed by atoms with Gasteiger partial charge in [-0.3, -0.25) is 0 Å². The molecule has 1 fully saturated rings. The molecular formula is C15H23N3O2S. The molecule has 0 unspecified atom stereocenters. The zero-order valence-electron chi connectivity index (χ0n) is 12.9. The Morgan fingerprint density at radius 1 is 1.29 bits per heavy atom. The van der Waals surface area contributed by atoms with Crippen molar-refractivity contribution in [3.05, 3.63) is 16.8 Å². The molecule has 1 aromatic heterocycles. The minimum Gasteiger partial charge on any atom is -0.478 e. The SMILES string of the molecule is CSC1(CNc2nnc(C)c(C)c2C(=O)O)CCCCC1. The van der Waals surface area contributed by atoms with E-state index in [9.17, 15) is 9.90 Å². The monoisotopic (exact) mass is 309 g/mol. The third-order valence-electron chi connectivity index (χ3n) is 4.44. The highest BCUT2D eigenvalue weighted by Crippen LogP contribution is 2.38. The van der Waals surface area contributed by atoms with Crippen LogP contribution in [0.15, 0.2) is 0 Å². The summed E-state index contributed by atoms with van der Waals surface area (Å²) in [5.74, 6) is -0.556. The number of rotatable bonds is 5. The molecule has 2 rings (SSSR count). The number of carbonyl (C=O) groups is 1. The molecule has 1 aliphatic carbocycles. The predicted molar refractivity (Wildman–Crippen MR) is 86.3 cm³/mol. The van der Waals surface area contributed by atoms with Gasteiger partial charge in [0.2, 0.25) is 0 Å². The predicted octanol–water partition coefficient (Wildman–Crippen LogP) is 3.27. The summed E-state index contributed by atoms with van der Waals surface area (Å²) in [5.41, 5.74) is 1.59. The Bertz CT molecular complexity index is 528. The Labute approximate surface area is 129 Å². The fraction of sp³-hybridized carbons (Fsp3) is 0.667. The van der Waals surface area contributed by atoms with Crippen LogP contribution in [0.5, 0.6) is 0 Å². The zero-order chi connectivity index (χ0) is 15.5. The molecule has 0 spiro atoms. The van der Waals surface area contributed by atoms with E-state index in [4.69, 9.17) is 0 Å². The van der Waals surface area contributed by atoms with Crippen LogP contribution in [0.3, 0.4) is 0 Å². The van der Waals surface area contributed by atoms with Crippen LogP contribution in [-0.4, -0.2) is 38.8 Å². The number of carboxylic acids is 1. The summed E-state index contributed by atoms with van der Waals surface area (Å²) in [5, 5.41) is 20.8. The molecule has 0 bridgehead atoms. The fourth-order valence-electron chi connectivity index (χ4n) is 2.89. The summed E-state index contributed by atoms with van der Waals surface area (Å²) in [7, 11) is 0. The van der Waals surface area contributed by atoms with Gasteiger partial charge in [-0.05, 0) is 38.5 Å². The van der Waals surface area contributed by atoms with Crippen LogP contribution in [0.2, 0.25) is 0 Å². The topological polar surface area (TPSA) is 75.1 Å². The minimum absolute atomic E-state index is 0.189. The Hall–Kier alpha value is -1.30. The molecule has 0 amide bonds. The Balaban J connectivity index is 2.19. The van der Waals surface area contributed by atoms with Gasteiger partial charge < -0.3 is 10.4 Å². The molecule has 0 atom stereocenters. The maximum atomic E-state index is 11.5. The van der Waals surface area contributed by atoms with E-state index in [1.165, 1.54) is 32.1 Å². The van der Waals surface area contributed by atoms with Crippen molar-refractivity contribution in [1.82, 2.24) is 10.2 Å². The summed E-state index contributed by atoms with van der Waals surface area (Å²) >= 11 is 1.88. The van der Waals surface area contributed by atoms with Crippen LogP contribution >= 0.6 is 11.8 Å². The molecule has 0 saturated heterocycles. The molecule has 6 heteroatoms. The molecule has 1 aromatic rings. The lowest BCUT2D eigenvalue weighted by Gasteiger charge is -2.36. The van der Waals surface area contributed by atoms with Crippen molar-refractivity contribution in [1.29, 1.82) is 0 Å². The van der Waals surface area contributed by atoms with Crippen LogP contribution < -0.4 is 5.32 Å². The summed E-state index contributed by atoms with van der Waals surface area (Å²) in [4.78, 5) is 11.5. The summed E-state index contributed by atoms with van der Waals surface area (Å²) in [6.45, 7) is 4.30. The lowest BCUT2D eigenvalue weighted by molar-refractivity contribution is 0.0696. The number of hydrogen-bond donors (Lipinski definition) is 2. The van der Waals surface area contributed by atoms with E-state index in [0.717, 1.165) is 6.54 Å². The fourth-order valence-corrected chi connectivity index (χ4v) is 3.80. The first kappa shape index (κ1) is 16.1. The highest BCUT2D eigenvalue weighted by atomic mass is 32.2. The number of nitrogens with zero attached hydrogens (tertiary/aromatic N) is 2. The molecule has 0 aromatic carbocycles. The molecular weight excluding hydrogens is 286 g/mol. The molecule has 5 nitrogen and oxygen atoms in total. The molecule has 0 aliphatic heterocycles. The number of aromatic nitrogens is 2. The van der Waals surface area contributed by atoms with Crippen LogP contribution in [0.25, 0.3) is 0 Å². The number of anilines is 1. The van der Waals surface area contributed by atoms with Crippen molar-refractivity contribution in [2.45, 2.75) is 50.7 Å². The van der Waals surface area contributed by atoms with Crippen LogP contribution in [-0.2, 0) is 0 Å². The summed E-state index contributed by atoms with van der Waals surface area (Å²) in [6, 6.07) is 0. The largest absolute Gasteiger partial charge is 0.478 e. The molecule has 116 valence electrons. The lowest BCUT2D eigenvalue weighted by atomic mass is 9.88. The van der Waals surface area contributed by atoms with Gasteiger partial charge in [0, 0.05) is 11.3 Å². The van der Waals surface area contributed by atoms with Crippen LogP contribution in [0.1, 0.15) is 53.7 Å². The van der Waals surface area contributed by atoms with E-state index in [0.29, 0.717) is 17.1 Å². The molecule has 1 saturated carbocycles. The average molecular weight is 309 g/mol. The minimum atomic E-state index is -0.949. The first-order valence-corrected chi connectivity index (χ1v) is 8.58. The van der Waals surface area contributed by atoms with Gasteiger partial charge in [-0.25, -0.2) is 4.79 Å². The van der Waals surface area contributed by atoms with Gasteiger partial charge in [0.25, 0.3) is 0 Å². The van der Waals surface area contributed by atoms with Gasteiger partial charge in [0.15, 0.2) is 5.82 Å². The van der Waals surface area contributed by atoms with Gasteiger partial charge in [0.1, 0.15) is 5.56 Å². The molecule has 1 aliphatic rings. The van der Waals surface area contributed by atoms with Gasteiger partial charge in [0.05, 0.1) is 5.69 Å². The Morgan fingerprint density at radius 2 is 1.95 bits per heavy atom. The molecule has 21 heavy (non-hydrogen) atoms. The smallest absolute Gasteiger partial charge is 0.339 e. The molecule has 2 N–H and O–H groups in total. The van der Waals surface area contributed by atoms with E-state index in [2.05, 4.69) is 21.8 Å². The van der Waals surface area contributed by atoms with Crippen molar-refractivity contribution >= 4 is 23.5 Å². The third-order valence-corrected chi connectivity index (χ3v) is 5.86. The van der Waals surface area contributed by atoms with Crippen molar-refractivity contribution in [2.75, 3.05) is 18.1 Å². The second kappa shape index (κ2) is 6.64. The quantitative estimate of drug-likeness (QED) is 0.869. The third kappa shape index (κ3) is 3.48. The number of aromatic carboxylic acids is 1. The molecule has 0 radical (unpaired) electrons. The average Bonchev–Trinajstić information content (AvgIpc) is 2.49. The van der Waals surface area contributed by atoms with E-state index in [1.54, 1.807) is 13.8 Å². The Kier molecular flexibility index (Phi) is 5.08. The number of carboxylic acid groups (broad SMARTS) is 1. The number of nitrogens with one attached hydrogen (secondary N) is 1. The van der Waals surface area contributed by atoms with Gasteiger partial charge in [-0.2, -0.15) is 16.9 Å². The maximum Gasteiger partial charge on any atom is 0.339 e. The van der Waals surface area contributed by atoms with E-state index >= 15 is 0 Å². The molecule has 1 heterocycles. The number of thioether (sulfide) groups is 1. The number of hydrogen-bond acceptors (Lipinski definition) is 5. The second-order valence-corrected chi connectivity index (χ2v) is 7.01. The number of aryl methyl sites for hydroxylation is 1. The van der Waals surface area contributed by atoms with Gasteiger partial charge in [-0.15, -0.1) is 5.10 Å². The van der Waals surface area contributed by atoms with Crippen LogP contribution in [0.4, 0.5) is 5.82 Å². The maximum absolute atomic E-state index is 11.5. The van der Waals surface area contributed by atoms with E-state index in [-0.39, 0.29) is 10.3 Å². The highest BCUT2D eigenvalue weighted by Gasteiger charge is 2.31. The van der Waals surface area contributed by atoms with Crippen molar-refractivity contribution in [3.63, 3.8) is 0 Å². The van der Waals surface area contributed by atoms with E-state index < -0.39 is 5.97 Å². The summed E-state index contributed by atoms with van der Waals surface area (Å²) in [6.07, 6.45) is 8.26. The van der Waals surface area contributed by atoms with Gasteiger partial charge in [-0.1, -0.05) is 19.3 Å². The highest BCUT2D eigenvalue weighted by molar-refractivity contribution is 8.00. The Morgan fingerprint density at radius 3 is 2.52 bits per heavy atom. The van der Waals surface area contributed by atoms with Gasteiger partial charge >= 0.3 is 5.97 Å². The first-order chi connectivity index (χ1) is 9.99. The second-order valence-electron chi connectivity index (χ2n) is 5.74. The summed E-state index contributed by atoms with van der Waals surface area (Å²) < 4.78 is 0.189.